The van der Waals surface area contributed by atoms with Gasteiger partial charge in [0, 0.05) is 16.6 Å². The van der Waals surface area contributed by atoms with Crippen LogP contribution in [-0.2, 0) is 11.0 Å². The number of furan rings is 1. The van der Waals surface area contributed by atoms with E-state index in [4.69, 9.17) is 4.42 Å². The average molecular weight is 481 g/mol. The van der Waals surface area contributed by atoms with E-state index in [-0.39, 0.29) is 17.0 Å². The van der Waals surface area contributed by atoms with Crippen molar-refractivity contribution in [3.63, 3.8) is 0 Å². The van der Waals surface area contributed by atoms with Crippen molar-refractivity contribution in [2.75, 3.05) is 4.90 Å². The molecular formula is C26H15F4NO4. The Balaban J connectivity index is 1.68. The van der Waals surface area contributed by atoms with Gasteiger partial charge in [-0.25, -0.2) is 4.39 Å². The first-order chi connectivity index (χ1) is 16.7. The first kappa shape index (κ1) is 22.4. The summed E-state index contributed by atoms with van der Waals surface area (Å²) in [5.74, 6) is -4.06. The number of rotatable bonds is 4. The molecule has 0 saturated heterocycles. The Morgan fingerprint density at radius 2 is 1.66 bits per heavy atom. The van der Waals surface area contributed by atoms with Crippen LogP contribution in [0.25, 0.3) is 11.0 Å². The molecule has 1 aromatic heterocycles. The molecule has 3 aromatic carbocycles. The van der Waals surface area contributed by atoms with Crippen molar-refractivity contribution in [2.24, 2.45) is 0 Å². The Morgan fingerprint density at radius 3 is 2.37 bits per heavy atom. The molecule has 1 N–H and O–H groups in total. The molecule has 0 radical (unpaired) electrons. The smallest absolute Gasteiger partial charge is 0.416 e. The molecule has 2 heterocycles. The fourth-order valence-corrected chi connectivity index (χ4v) is 4.15. The molecular weight excluding hydrogens is 466 g/mol. The second kappa shape index (κ2) is 8.12. The highest BCUT2D eigenvalue weighted by Crippen LogP contribution is 2.44. The van der Waals surface area contributed by atoms with E-state index in [1.165, 1.54) is 30.3 Å². The molecule has 1 unspecified atom stereocenters. The maximum absolute atomic E-state index is 14.9. The third-order valence-corrected chi connectivity index (χ3v) is 5.75. The number of carbonyl (C=O) groups excluding carboxylic acids is 2. The lowest BCUT2D eigenvalue weighted by Crippen LogP contribution is -2.31. The van der Waals surface area contributed by atoms with Gasteiger partial charge in [0.05, 0.1) is 17.2 Å². The highest BCUT2D eigenvalue weighted by Gasteiger charge is 2.46. The Labute approximate surface area is 195 Å². The van der Waals surface area contributed by atoms with Crippen LogP contribution < -0.4 is 4.90 Å². The van der Waals surface area contributed by atoms with Gasteiger partial charge in [0.1, 0.15) is 11.4 Å². The first-order valence-corrected chi connectivity index (χ1v) is 10.4. The number of amides is 1. The molecule has 1 aliphatic rings. The van der Waals surface area contributed by atoms with Crippen molar-refractivity contribution in [3.8, 4) is 0 Å². The number of alkyl halides is 3. The normalized spacial score (nSPS) is 16.4. The number of nitrogens with zero attached hydrogens (tertiary/aromatic N) is 1. The van der Waals surface area contributed by atoms with Crippen LogP contribution in [0.2, 0.25) is 0 Å². The number of hydrogen-bond acceptors (Lipinski definition) is 4. The molecule has 5 rings (SSSR count). The maximum Gasteiger partial charge on any atom is 0.416 e. The number of ketones is 1. The van der Waals surface area contributed by atoms with Gasteiger partial charge in [-0.3, -0.25) is 14.5 Å². The number of carbonyl (C=O) groups is 2. The number of fused-ring (bicyclic) bond motifs is 1. The van der Waals surface area contributed by atoms with E-state index >= 15 is 0 Å². The summed E-state index contributed by atoms with van der Waals surface area (Å²) < 4.78 is 60.5. The van der Waals surface area contributed by atoms with E-state index < -0.39 is 46.6 Å². The largest absolute Gasteiger partial charge is 0.503 e. The molecule has 0 saturated carbocycles. The number of aliphatic hydroxyl groups is 1. The minimum Gasteiger partial charge on any atom is -0.503 e. The van der Waals surface area contributed by atoms with E-state index in [0.29, 0.717) is 17.0 Å². The first-order valence-electron chi connectivity index (χ1n) is 10.4. The van der Waals surface area contributed by atoms with Gasteiger partial charge in [-0.1, -0.05) is 42.5 Å². The Kier molecular flexibility index (Phi) is 5.20. The number of aliphatic hydroxyl groups excluding tert-OH is 1. The van der Waals surface area contributed by atoms with Crippen molar-refractivity contribution in [1.29, 1.82) is 0 Å². The summed E-state index contributed by atoms with van der Waals surface area (Å²) in [4.78, 5) is 27.4. The van der Waals surface area contributed by atoms with Crippen LogP contribution in [0.3, 0.4) is 0 Å². The summed E-state index contributed by atoms with van der Waals surface area (Å²) in [7, 11) is 0. The van der Waals surface area contributed by atoms with Gasteiger partial charge in [-0.05, 0) is 36.4 Å². The molecule has 1 aliphatic heterocycles. The number of hydrogen-bond donors (Lipinski definition) is 1. The molecule has 0 bridgehead atoms. The fourth-order valence-electron chi connectivity index (χ4n) is 4.15. The summed E-state index contributed by atoms with van der Waals surface area (Å²) in [6, 6.07) is 15.6. The SMILES string of the molecule is O=C(C1=C(O)C(=O)N(c2cccc(C(F)(F)F)c2)C1c1ccccc1F)c1cc2ccccc2o1. The summed E-state index contributed by atoms with van der Waals surface area (Å²) >= 11 is 0. The highest BCUT2D eigenvalue weighted by atomic mass is 19.4. The minimum absolute atomic E-state index is 0.179. The van der Waals surface area contributed by atoms with E-state index in [9.17, 15) is 32.3 Å². The van der Waals surface area contributed by atoms with Crippen molar-refractivity contribution in [1.82, 2.24) is 0 Å². The molecule has 35 heavy (non-hydrogen) atoms. The van der Waals surface area contributed by atoms with Crippen molar-refractivity contribution < 1.29 is 36.7 Å². The highest BCUT2D eigenvalue weighted by molar-refractivity contribution is 6.20. The van der Waals surface area contributed by atoms with Crippen LogP contribution in [0.15, 0.2) is 94.6 Å². The molecule has 1 atom stereocenters. The van der Waals surface area contributed by atoms with Gasteiger partial charge in [-0.2, -0.15) is 13.2 Å². The number of anilines is 1. The summed E-state index contributed by atoms with van der Waals surface area (Å²) in [6.45, 7) is 0. The zero-order valence-electron chi connectivity index (χ0n) is 17.7. The van der Waals surface area contributed by atoms with Crippen LogP contribution in [0.5, 0.6) is 0 Å². The zero-order valence-corrected chi connectivity index (χ0v) is 17.7. The van der Waals surface area contributed by atoms with Gasteiger partial charge in [0.25, 0.3) is 5.91 Å². The number of para-hydroxylation sites is 1. The molecule has 4 aromatic rings. The van der Waals surface area contributed by atoms with Crippen LogP contribution in [0, 0.1) is 5.82 Å². The molecule has 0 fully saturated rings. The van der Waals surface area contributed by atoms with E-state index in [0.717, 1.165) is 23.1 Å². The standard InChI is InChI=1S/C26H15F4NO4/c27-18-10-3-2-9-17(18)22-21(23(32)20-12-14-6-1-4-11-19(14)35-20)24(33)25(34)31(22)16-8-5-7-15(13-16)26(28,29)30/h1-13,22,33H. The van der Waals surface area contributed by atoms with Crippen LogP contribution >= 0.6 is 0 Å². The third kappa shape index (κ3) is 3.74. The van der Waals surface area contributed by atoms with Crippen molar-refractivity contribution in [2.45, 2.75) is 12.2 Å². The number of halogens is 4. The lowest BCUT2D eigenvalue weighted by atomic mass is 9.94. The van der Waals surface area contributed by atoms with Gasteiger partial charge in [-0.15, -0.1) is 0 Å². The zero-order chi connectivity index (χ0) is 24.9. The van der Waals surface area contributed by atoms with Gasteiger partial charge in [0.15, 0.2) is 11.5 Å². The Hall–Kier alpha value is -4.40. The molecule has 9 heteroatoms. The fraction of sp³-hybridized carbons (Fsp3) is 0.0769. The predicted molar refractivity (Wildman–Crippen MR) is 118 cm³/mol. The second-order valence-electron chi connectivity index (χ2n) is 7.89. The Morgan fingerprint density at radius 1 is 0.943 bits per heavy atom. The molecule has 0 spiro atoms. The average Bonchev–Trinajstić information content (AvgIpc) is 3.38. The van der Waals surface area contributed by atoms with Crippen molar-refractivity contribution in [3.05, 3.63) is 113 Å². The lowest BCUT2D eigenvalue weighted by Gasteiger charge is -2.27. The van der Waals surface area contributed by atoms with Crippen LogP contribution in [0.1, 0.15) is 27.7 Å². The molecule has 5 nitrogen and oxygen atoms in total. The quantitative estimate of drug-likeness (QED) is 0.272. The maximum atomic E-state index is 14.9. The van der Waals surface area contributed by atoms with E-state index in [1.807, 2.05) is 0 Å². The summed E-state index contributed by atoms with van der Waals surface area (Å²) in [5.41, 5.74) is -1.63. The predicted octanol–water partition coefficient (Wildman–Crippen LogP) is 6.37. The minimum atomic E-state index is -4.71. The summed E-state index contributed by atoms with van der Waals surface area (Å²) in [5, 5.41) is 11.3. The molecule has 0 aliphatic carbocycles. The number of Topliss-reactive ketones (excluding diaryl/α,β-unsaturated/α-hetero) is 1. The van der Waals surface area contributed by atoms with E-state index in [1.54, 1.807) is 24.3 Å². The van der Waals surface area contributed by atoms with E-state index in [2.05, 4.69) is 0 Å². The second-order valence-corrected chi connectivity index (χ2v) is 7.89. The Bertz CT molecular complexity index is 1490. The van der Waals surface area contributed by atoms with Crippen LogP contribution in [-0.4, -0.2) is 16.8 Å². The van der Waals surface area contributed by atoms with Crippen molar-refractivity contribution >= 4 is 28.3 Å². The van der Waals surface area contributed by atoms with Crippen LogP contribution in [0.4, 0.5) is 23.2 Å². The molecule has 1 amide bonds. The summed E-state index contributed by atoms with van der Waals surface area (Å²) in [6.07, 6.45) is -4.71. The van der Waals surface area contributed by atoms with Gasteiger partial charge in [0.2, 0.25) is 5.78 Å². The third-order valence-electron chi connectivity index (χ3n) is 5.75. The monoisotopic (exact) mass is 481 g/mol. The van der Waals surface area contributed by atoms with Gasteiger partial charge >= 0.3 is 6.18 Å². The number of benzene rings is 3. The van der Waals surface area contributed by atoms with Gasteiger partial charge < -0.3 is 9.52 Å². The topological polar surface area (TPSA) is 70.8 Å². The molecule has 176 valence electrons. The lowest BCUT2D eigenvalue weighted by molar-refractivity contribution is -0.137.